The number of hydrogen-bond donors (Lipinski definition) is 2. The molecule has 0 aliphatic heterocycles. The number of aliphatic hydroxyl groups excluding tert-OH is 1. The molecule has 1 aliphatic rings. The Morgan fingerprint density at radius 1 is 1.13 bits per heavy atom. The van der Waals surface area contributed by atoms with Crippen LogP contribution in [0, 0.1) is 0 Å². The number of aliphatic hydroxyl groups is 1. The maximum absolute atomic E-state index is 11.5. The Morgan fingerprint density at radius 2 is 1.97 bits per heavy atom. The van der Waals surface area contributed by atoms with Crippen LogP contribution >= 0.6 is 0 Å². The van der Waals surface area contributed by atoms with Crippen LogP contribution < -0.4 is 14.8 Å². The topological polar surface area (TPSA) is 77.0 Å². The van der Waals surface area contributed by atoms with Crippen LogP contribution in [0.25, 0.3) is 0 Å². The SMILES string of the molecule is CCOC(=O)COc1ccc2c(c1)CCCC(NC[C@H](O)COc1ccccc1)C2. The molecule has 2 aromatic rings. The van der Waals surface area contributed by atoms with Gasteiger partial charge >= 0.3 is 5.97 Å². The molecule has 0 saturated heterocycles. The van der Waals surface area contributed by atoms with Crippen molar-refractivity contribution >= 4 is 5.97 Å². The summed E-state index contributed by atoms with van der Waals surface area (Å²) < 4.78 is 16.1. The van der Waals surface area contributed by atoms with Crippen LogP contribution in [0.4, 0.5) is 0 Å². The van der Waals surface area contributed by atoms with Gasteiger partial charge in [0, 0.05) is 12.6 Å². The molecule has 30 heavy (non-hydrogen) atoms. The quantitative estimate of drug-likeness (QED) is 0.461. The van der Waals surface area contributed by atoms with E-state index in [4.69, 9.17) is 14.2 Å². The number of carbonyl (C=O) groups excluding carboxylic acids is 1. The second kappa shape index (κ2) is 11.6. The zero-order chi connectivity index (χ0) is 21.2. The summed E-state index contributed by atoms with van der Waals surface area (Å²) in [6.07, 6.45) is 3.41. The van der Waals surface area contributed by atoms with Crippen molar-refractivity contribution < 1.29 is 24.1 Å². The smallest absolute Gasteiger partial charge is 0.344 e. The third kappa shape index (κ3) is 7.04. The van der Waals surface area contributed by atoms with Gasteiger partial charge in [-0.05, 0) is 68.0 Å². The minimum absolute atomic E-state index is 0.0697. The van der Waals surface area contributed by atoms with Gasteiger partial charge in [0.05, 0.1) is 6.61 Å². The fourth-order valence-corrected chi connectivity index (χ4v) is 3.62. The molecule has 0 bridgehead atoms. The van der Waals surface area contributed by atoms with E-state index >= 15 is 0 Å². The van der Waals surface area contributed by atoms with Crippen molar-refractivity contribution in [2.24, 2.45) is 0 Å². The highest BCUT2D eigenvalue weighted by Crippen LogP contribution is 2.25. The fraction of sp³-hybridized carbons (Fsp3) is 0.458. The molecule has 3 rings (SSSR count). The van der Waals surface area contributed by atoms with E-state index in [1.165, 1.54) is 11.1 Å². The minimum Gasteiger partial charge on any atom is -0.491 e. The maximum Gasteiger partial charge on any atom is 0.344 e. The lowest BCUT2D eigenvalue weighted by Crippen LogP contribution is -2.39. The Labute approximate surface area is 178 Å². The molecule has 2 N–H and O–H groups in total. The predicted octanol–water partition coefficient (Wildman–Crippen LogP) is 2.91. The molecule has 2 aromatic carbocycles. The molecule has 1 unspecified atom stereocenters. The van der Waals surface area contributed by atoms with Crippen LogP contribution in [0.3, 0.4) is 0 Å². The van der Waals surface area contributed by atoms with E-state index in [1.54, 1.807) is 6.92 Å². The van der Waals surface area contributed by atoms with Crippen LogP contribution in [0.15, 0.2) is 48.5 Å². The van der Waals surface area contributed by atoms with Gasteiger partial charge in [-0.15, -0.1) is 0 Å². The lowest BCUT2D eigenvalue weighted by molar-refractivity contribution is -0.145. The number of para-hydroxylation sites is 1. The van der Waals surface area contributed by atoms with Gasteiger partial charge in [0.1, 0.15) is 24.2 Å². The predicted molar refractivity (Wildman–Crippen MR) is 115 cm³/mol. The normalized spacial score (nSPS) is 16.8. The number of fused-ring (bicyclic) bond motifs is 1. The molecular formula is C24H31NO5. The Bertz CT molecular complexity index is 795. The van der Waals surface area contributed by atoms with Crippen molar-refractivity contribution in [1.29, 1.82) is 0 Å². The number of hydrogen-bond acceptors (Lipinski definition) is 6. The Morgan fingerprint density at radius 3 is 2.77 bits per heavy atom. The van der Waals surface area contributed by atoms with Crippen LogP contribution in [0.5, 0.6) is 11.5 Å². The van der Waals surface area contributed by atoms with Crippen molar-refractivity contribution in [3.05, 3.63) is 59.7 Å². The molecule has 0 amide bonds. The zero-order valence-corrected chi connectivity index (χ0v) is 17.5. The summed E-state index contributed by atoms with van der Waals surface area (Å²) in [7, 11) is 0. The number of carbonyl (C=O) groups is 1. The van der Waals surface area contributed by atoms with Crippen LogP contribution in [-0.2, 0) is 22.4 Å². The first-order chi connectivity index (χ1) is 14.6. The Balaban J connectivity index is 1.46. The third-order valence-electron chi connectivity index (χ3n) is 5.13. The van der Waals surface area contributed by atoms with Gasteiger partial charge in [-0.1, -0.05) is 24.3 Å². The molecule has 6 nitrogen and oxygen atoms in total. The zero-order valence-electron chi connectivity index (χ0n) is 17.5. The molecule has 0 radical (unpaired) electrons. The number of ether oxygens (including phenoxy) is 3. The molecule has 0 saturated carbocycles. The molecule has 0 heterocycles. The van der Waals surface area contributed by atoms with E-state index in [0.29, 0.717) is 24.9 Å². The summed E-state index contributed by atoms with van der Waals surface area (Å²) in [6, 6.07) is 15.8. The molecule has 1 aliphatic carbocycles. The van der Waals surface area contributed by atoms with Crippen LogP contribution in [0.2, 0.25) is 0 Å². The molecule has 0 fully saturated rings. The summed E-state index contributed by atoms with van der Waals surface area (Å²) in [5.74, 6) is 1.11. The van der Waals surface area contributed by atoms with Gasteiger partial charge in [0.2, 0.25) is 0 Å². The van der Waals surface area contributed by atoms with E-state index in [-0.39, 0.29) is 19.2 Å². The molecular weight excluding hydrogens is 382 g/mol. The van der Waals surface area contributed by atoms with E-state index in [9.17, 15) is 9.90 Å². The van der Waals surface area contributed by atoms with Crippen molar-refractivity contribution in [1.82, 2.24) is 5.32 Å². The van der Waals surface area contributed by atoms with E-state index in [1.807, 2.05) is 42.5 Å². The van der Waals surface area contributed by atoms with Crippen molar-refractivity contribution in [2.45, 2.75) is 44.8 Å². The lowest BCUT2D eigenvalue weighted by atomic mass is 10.0. The largest absolute Gasteiger partial charge is 0.491 e. The second-order valence-electron chi connectivity index (χ2n) is 7.50. The number of nitrogens with one attached hydrogen (secondary N) is 1. The third-order valence-corrected chi connectivity index (χ3v) is 5.13. The van der Waals surface area contributed by atoms with Gasteiger partial charge in [0.25, 0.3) is 0 Å². The highest BCUT2D eigenvalue weighted by molar-refractivity contribution is 5.71. The summed E-state index contributed by atoms with van der Waals surface area (Å²) in [5.41, 5.74) is 2.54. The van der Waals surface area contributed by atoms with Crippen molar-refractivity contribution in [3.63, 3.8) is 0 Å². The highest BCUT2D eigenvalue weighted by Gasteiger charge is 2.18. The average Bonchev–Trinajstić information content (AvgIpc) is 2.97. The minimum atomic E-state index is -0.563. The van der Waals surface area contributed by atoms with E-state index < -0.39 is 6.10 Å². The summed E-state index contributed by atoms with van der Waals surface area (Å²) >= 11 is 0. The van der Waals surface area contributed by atoms with E-state index in [2.05, 4.69) is 11.4 Å². The Hall–Kier alpha value is -2.57. The first-order valence-electron chi connectivity index (χ1n) is 10.6. The summed E-state index contributed by atoms with van der Waals surface area (Å²) in [4.78, 5) is 11.5. The van der Waals surface area contributed by atoms with Gasteiger partial charge in [-0.2, -0.15) is 0 Å². The standard InChI is InChI=1S/C24H31NO5/c1-2-28-24(27)17-30-23-12-11-19-13-20(8-6-7-18(19)14-23)25-15-21(26)16-29-22-9-4-3-5-10-22/h3-5,9-12,14,20-21,25-26H,2,6-8,13,15-17H2,1H3/t20?,21-/m0/s1. The van der Waals surface area contributed by atoms with Crippen molar-refractivity contribution in [3.8, 4) is 11.5 Å². The fourth-order valence-electron chi connectivity index (χ4n) is 3.62. The highest BCUT2D eigenvalue weighted by atomic mass is 16.6. The summed E-state index contributed by atoms with van der Waals surface area (Å²) in [5, 5.41) is 13.7. The number of aryl methyl sites for hydroxylation is 1. The Kier molecular flexibility index (Phi) is 8.53. The van der Waals surface area contributed by atoms with Gasteiger partial charge in [0.15, 0.2) is 6.61 Å². The van der Waals surface area contributed by atoms with Gasteiger partial charge in [-0.3, -0.25) is 0 Å². The van der Waals surface area contributed by atoms with Gasteiger partial charge in [-0.25, -0.2) is 4.79 Å². The monoisotopic (exact) mass is 413 g/mol. The van der Waals surface area contributed by atoms with Crippen LogP contribution in [-0.4, -0.2) is 49.6 Å². The lowest BCUT2D eigenvalue weighted by Gasteiger charge is -2.20. The number of esters is 1. The average molecular weight is 414 g/mol. The van der Waals surface area contributed by atoms with E-state index in [0.717, 1.165) is 31.4 Å². The first kappa shape index (κ1) is 22.1. The molecule has 2 atom stereocenters. The van der Waals surface area contributed by atoms with Crippen LogP contribution in [0.1, 0.15) is 30.9 Å². The number of rotatable bonds is 10. The second-order valence-corrected chi connectivity index (χ2v) is 7.50. The first-order valence-corrected chi connectivity index (χ1v) is 10.6. The molecule has 6 heteroatoms. The summed E-state index contributed by atoms with van der Waals surface area (Å²) in [6.45, 7) is 2.82. The molecule has 0 aromatic heterocycles. The van der Waals surface area contributed by atoms with Crippen molar-refractivity contribution in [2.75, 3.05) is 26.4 Å². The maximum atomic E-state index is 11.5. The molecule has 162 valence electrons. The molecule has 0 spiro atoms. The number of benzene rings is 2. The van der Waals surface area contributed by atoms with Gasteiger partial charge < -0.3 is 24.6 Å².